The lowest BCUT2D eigenvalue weighted by molar-refractivity contribution is 0.0938. The van der Waals surface area contributed by atoms with Gasteiger partial charge in [0, 0.05) is 5.56 Å². The van der Waals surface area contributed by atoms with Crippen molar-refractivity contribution in [2.24, 2.45) is 5.92 Å². The summed E-state index contributed by atoms with van der Waals surface area (Å²) in [6, 6.07) is 10.3. The molecule has 1 aromatic carbocycles. The van der Waals surface area contributed by atoms with Crippen LogP contribution in [0.15, 0.2) is 41.8 Å². The molecule has 0 aliphatic rings. The fourth-order valence-corrected chi connectivity index (χ4v) is 2.54. The molecule has 2 amide bonds. The molecule has 2 rings (SSSR count). The number of thiocarbonyl (C=S) groups is 1. The van der Waals surface area contributed by atoms with E-state index in [2.05, 4.69) is 16.2 Å². The van der Waals surface area contributed by atoms with Crippen molar-refractivity contribution >= 4 is 40.5 Å². The Balaban J connectivity index is 1.85. The summed E-state index contributed by atoms with van der Waals surface area (Å²) in [6.45, 7) is 4.66. The number of hydrazine groups is 1. The average molecular weight is 377 g/mol. The normalized spacial score (nSPS) is 10.2. The van der Waals surface area contributed by atoms with Crippen molar-refractivity contribution in [2.75, 3.05) is 6.61 Å². The van der Waals surface area contributed by atoms with Crippen molar-refractivity contribution in [3.05, 3.63) is 52.2 Å². The zero-order valence-electron chi connectivity index (χ0n) is 13.9. The van der Waals surface area contributed by atoms with Crippen LogP contribution in [-0.2, 0) is 0 Å². The maximum atomic E-state index is 12.2. The highest BCUT2D eigenvalue weighted by Crippen LogP contribution is 2.14. The van der Waals surface area contributed by atoms with Crippen LogP contribution >= 0.6 is 23.6 Å². The van der Waals surface area contributed by atoms with E-state index in [4.69, 9.17) is 17.0 Å². The molecule has 8 heteroatoms. The Kier molecular flexibility index (Phi) is 6.91. The van der Waals surface area contributed by atoms with Crippen LogP contribution in [0.25, 0.3) is 0 Å². The Morgan fingerprint density at radius 3 is 2.64 bits per heavy atom. The minimum absolute atomic E-state index is 0.00316. The number of thiophene rings is 1. The molecule has 1 aromatic heterocycles. The maximum Gasteiger partial charge on any atom is 0.279 e. The fourth-order valence-electron chi connectivity index (χ4n) is 1.78. The standard InChI is InChI=1S/C17H19N3O3S2/c1-11(2)10-23-13-6-3-5-12(9-13)15(21)18-17(24)20-19-16(22)14-7-4-8-25-14/h3-9,11H,10H2,1-2H3,(H,19,22)(H2,18,20,21,24). The third-order valence-corrected chi connectivity index (χ3v) is 4.01. The molecule has 1 heterocycles. The van der Waals surface area contributed by atoms with Crippen LogP contribution in [0.2, 0.25) is 0 Å². The van der Waals surface area contributed by atoms with Crippen LogP contribution in [0.4, 0.5) is 0 Å². The molecule has 0 fully saturated rings. The second-order valence-electron chi connectivity index (χ2n) is 5.57. The minimum Gasteiger partial charge on any atom is -0.493 e. The molecule has 0 bridgehead atoms. The molecule has 0 aliphatic heterocycles. The van der Waals surface area contributed by atoms with Gasteiger partial charge in [0.1, 0.15) is 5.75 Å². The van der Waals surface area contributed by atoms with E-state index < -0.39 is 5.91 Å². The Labute approximate surface area is 155 Å². The van der Waals surface area contributed by atoms with E-state index in [0.29, 0.717) is 28.7 Å². The van der Waals surface area contributed by atoms with Crippen molar-refractivity contribution in [3.63, 3.8) is 0 Å². The van der Waals surface area contributed by atoms with E-state index in [-0.39, 0.29) is 11.0 Å². The first kappa shape index (κ1) is 18.9. The van der Waals surface area contributed by atoms with Gasteiger partial charge in [-0.1, -0.05) is 26.0 Å². The largest absolute Gasteiger partial charge is 0.493 e. The lowest BCUT2D eigenvalue weighted by Gasteiger charge is -2.12. The number of rotatable bonds is 5. The first-order valence-electron chi connectivity index (χ1n) is 7.63. The predicted molar refractivity (Wildman–Crippen MR) is 102 cm³/mol. The summed E-state index contributed by atoms with van der Waals surface area (Å²) in [5, 5.41) is 4.30. The van der Waals surface area contributed by atoms with Gasteiger partial charge in [0.2, 0.25) is 0 Å². The predicted octanol–water partition coefficient (Wildman–Crippen LogP) is 2.73. The monoisotopic (exact) mass is 377 g/mol. The van der Waals surface area contributed by atoms with Crippen LogP contribution < -0.4 is 20.9 Å². The number of benzene rings is 1. The minimum atomic E-state index is -0.391. The summed E-state index contributed by atoms with van der Waals surface area (Å²) in [5.41, 5.74) is 5.34. The van der Waals surface area contributed by atoms with Crippen LogP contribution in [0, 0.1) is 5.92 Å². The summed E-state index contributed by atoms with van der Waals surface area (Å²) >= 11 is 6.32. The van der Waals surface area contributed by atoms with Crippen LogP contribution in [0.1, 0.15) is 33.9 Å². The Morgan fingerprint density at radius 2 is 1.96 bits per heavy atom. The quantitative estimate of drug-likeness (QED) is 0.552. The van der Waals surface area contributed by atoms with E-state index in [0.717, 1.165) is 0 Å². The number of hydrogen-bond acceptors (Lipinski definition) is 5. The third kappa shape index (κ3) is 6.17. The number of ether oxygens (including phenoxy) is 1. The summed E-state index contributed by atoms with van der Waals surface area (Å²) in [6.07, 6.45) is 0. The van der Waals surface area contributed by atoms with Gasteiger partial charge in [-0.15, -0.1) is 11.3 Å². The highest BCUT2D eigenvalue weighted by Gasteiger charge is 2.11. The summed E-state index contributed by atoms with van der Waals surface area (Å²) in [4.78, 5) is 24.5. The van der Waals surface area contributed by atoms with Crippen LogP contribution in [0.3, 0.4) is 0 Å². The van der Waals surface area contributed by atoms with Gasteiger partial charge in [0.25, 0.3) is 11.8 Å². The third-order valence-electron chi connectivity index (χ3n) is 2.94. The Bertz CT molecular complexity index is 745. The van der Waals surface area contributed by atoms with Crippen LogP contribution in [-0.4, -0.2) is 23.5 Å². The first-order chi connectivity index (χ1) is 12.0. The molecule has 0 aliphatic carbocycles. The Morgan fingerprint density at radius 1 is 1.16 bits per heavy atom. The second kappa shape index (κ2) is 9.14. The molecule has 132 valence electrons. The summed E-state index contributed by atoms with van der Waals surface area (Å²) in [7, 11) is 0. The molecule has 0 unspecified atom stereocenters. The second-order valence-corrected chi connectivity index (χ2v) is 6.93. The van der Waals surface area contributed by atoms with Crippen molar-refractivity contribution in [1.82, 2.24) is 16.2 Å². The van der Waals surface area contributed by atoms with E-state index in [1.165, 1.54) is 11.3 Å². The zero-order chi connectivity index (χ0) is 18.2. The first-order valence-corrected chi connectivity index (χ1v) is 8.92. The van der Waals surface area contributed by atoms with E-state index in [1.54, 1.807) is 41.8 Å². The molecular formula is C17H19N3O3S2. The van der Waals surface area contributed by atoms with Gasteiger partial charge in [-0.25, -0.2) is 0 Å². The molecular weight excluding hydrogens is 358 g/mol. The van der Waals surface area contributed by atoms with E-state index in [9.17, 15) is 9.59 Å². The van der Waals surface area contributed by atoms with Gasteiger partial charge in [0.15, 0.2) is 5.11 Å². The van der Waals surface area contributed by atoms with Crippen LogP contribution in [0.5, 0.6) is 5.75 Å². The zero-order valence-corrected chi connectivity index (χ0v) is 15.5. The van der Waals surface area contributed by atoms with Crippen molar-refractivity contribution < 1.29 is 14.3 Å². The van der Waals surface area contributed by atoms with Crippen molar-refractivity contribution in [2.45, 2.75) is 13.8 Å². The molecule has 2 aromatic rings. The lowest BCUT2D eigenvalue weighted by atomic mass is 10.2. The van der Waals surface area contributed by atoms with E-state index in [1.807, 2.05) is 13.8 Å². The highest BCUT2D eigenvalue weighted by atomic mass is 32.1. The number of carbonyl (C=O) groups excluding carboxylic acids is 2. The molecule has 0 spiro atoms. The van der Waals surface area contributed by atoms with Gasteiger partial charge in [-0.05, 0) is 47.8 Å². The molecule has 3 N–H and O–H groups in total. The topological polar surface area (TPSA) is 79.5 Å². The highest BCUT2D eigenvalue weighted by molar-refractivity contribution is 7.80. The number of hydrogen-bond donors (Lipinski definition) is 3. The SMILES string of the molecule is CC(C)COc1cccc(C(=O)NC(=S)NNC(=O)c2cccs2)c1. The number of carbonyl (C=O) groups is 2. The van der Waals surface area contributed by atoms with Gasteiger partial charge < -0.3 is 4.74 Å². The van der Waals surface area contributed by atoms with E-state index >= 15 is 0 Å². The number of nitrogens with one attached hydrogen (secondary N) is 3. The smallest absolute Gasteiger partial charge is 0.279 e. The van der Waals surface area contributed by atoms with Gasteiger partial charge in [0.05, 0.1) is 11.5 Å². The summed E-state index contributed by atoms with van der Waals surface area (Å²) in [5.74, 6) is 0.293. The van der Waals surface area contributed by atoms with Crippen molar-refractivity contribution in [3.8, 4) is 5.75 Å². The average Bonchev–Trinajstić information content (AvgIpc) is 3.12. The van der Waals surface area contributed by atoms with Gasteiger partial charge >= 0.3 is 0 Å². The van der Waals surface area contributed by atoms with Gasteiger partial charge in [-0.3, -0.25) is 25.8 Å². The van der Waals surface area contributed by atoms with Crippen molar-refractivity contribution in [1.29, 1.82) is 0 Å². The molecule has 0 saturated carbocycles. The molecule has 25 heavy (non-hydrogen) atoms. The summed E-state index contributed by atoms with van der Waals surface area (Å²) < 4.78 is 5.60. The molecule has 6 nitrogen and oxygen atoms in total. The lowest BCUT2D eigenvalue weighted by Crippen LogP contribution is -2.48. The molecule has 0 radical (unpaired) electrons. The molecule has 0 saturated heterocycles. The maximum absolute atomic E-state index is 12.2. The molecule has 0 atom stereocenters. The Hall–Kier alpha value is -2.45. The number of amides is 2. The van der Waals surface area contributed by atoms with Gasteiger partial charge in [-0.2, -0.15) is 0 Å². The fraction of sp³-hybridized carbons (Fsp3) is 0.235.